The number of thioether (sulfide) groups is 1. The van der Waals surface area contributed by atoms with Gasteiger partial charge < -0.3 is 10.6 Å². The number of nitrogens with zero attached hydrogens (tertiary/aromatic N) is 3. The third kappa shape index (κ3) is 3.99. The Labute approximate surface area is 152 Å². The molecule has 0 saturated carbocycles. The van der Waals surface area contributed by atoms with E-state index in [0.717, 1.165) is 47.7 Å². The molecule has 0 atom stereocenters. The summed E-state index contributed by atoms with van der Waals surface area (Å²) >= 11 is 1.38. The largest absolute Gasteiger partial charge is 0.398 e. The number of nitrogens with two attached hydrogens (primary N) is 1. The average Bonchev–Trinajstić information content (AvgIpc) is 2.52. The molecule has 24 heavy (non-hydrogen) atoms. The van der Waals surface area contributed by atoms with Crippen molar-refractivity contribution in [2.75, 3.05) is 22.9 Å². The number of hydrogen-bond donors (Lipinski definition) is 1. The summed E-state index contributed by atoms with van der Waals surface area (Å²) in [5.74, 6) is 0.404. The monoisotopic (exact) mass is 364 g/mol. The van der Waals surface area contributed by atoms with E-state index in [0.29, 0.717) is 10.9 Å². The number of rotatable bonds is 3. The van der Waals surface area contributed by atoms with Crippen molar-refractivity contribution in [2.24, 2.45) is 0 Å². The molecule has 1 aliphatic heterocycles. The first kappa shape index (κ1) is 18.5. The van der Waals surface area contributed by atoms with E-state index in [1.165, 1.54) is 11.8 Å². The van der Waals surface area contributed by atoms with Gasteiger partial charge in [-0.3, -0.25) is 4.79 Å². The van der Waals surface area contributed by atoms with Crippen LogP contribution in [0.5, 0.6) is 0 Å². The number of fused-ring (bicyclic) bond motifs is 1. The molecule has 2 aromatic rings. The number of anilines is 2. The lowest BCUT2D eigenvalue weighted by molar-refractivity contribution is -0.116. The number of hydrogen-bond acceptors (Lipinski definition) is 5. The normalized spacial score (nSPS) is 13.2. The fourth-order valence-corrected chi connectivity index (χ4v) is 3.70. The highest BCUT2D eigenvalue weighted by atomic mass is 35.5. The van der Waals surface area contributed by atoms with Crippen molar-refractivity contribution in [1.82, 2.24) is 9.97 Å². The van der Waals surface area contributed by atoms with Gasteiger partial charge in [-0.25, -0.2) is 9.97 Å². The summed E-state index contributed by atoms with van der Waals surface area (Å²) in [7, 11) is 0. The van der Waals surface area contributed by atoms with Gasteiger partial charge in [0.1, 0.15) is 0 Å². The van der Waals surface area contributed by atoms with Gasteiger partial charge in [-0.2, -0.15) is 0 Å². The molecule has 1 aromatic carbocycles. The molecule has 0 radical (unpaired) electrons. The van der Waals surface area contributed by atoms with Crippen molar-refractivity contribution in [3.8, 4) is 0 Å². The van der Waals surface area contributed by atoms with Crippen LogP contribution in [0.3, 0.4) is 0 Å². The number of aromatic nitrogens is 2. The second-order valence-corrected chi connectivity index (χ2v) is 6.66. The molecular weight excluding hydrogens is 344 g/mol. The molecule has 1 aromatic heterocycles. The molecule has 7 heteroatoms. The van der Waals surface area contributed by atoms with E-state index < -0.39 is 0 Å². The molecule has 128 valence electrons. The van der Waals surface area contributed by atoms with E-state index in [9.17, 15) is 4.79 Å². The Morgan fingerprint density at radius 2 is 2.00 bits per heavy atom. The van der Waals surface area contributed by atoms with Crippen LogP contribution in [0.25, 0.3) is 0 Å². The van der Waals surface area contributed by atoms with Crippen LogP contribution in [0.2, 0.25) is 0 Å². The summed E-state index contributed by atoms with van der Waals surface area (Å²) in [4.78, 5) is 23.2. The van der Waals surface area contributed by atoms with Crippen molar-refractivity contribution in [3.05, 3.63) is 41.2 Å². The number of carbonyl (C=O) groups excluding carboxylic acids is 1. The second-order valence-electron chi connectivity index (χ2n) is 5.72. The first-order valence-corrected chi connectivity index (χ1v) is 8.66. The van der Waals surface area contributed by atoms with E-state index in [4.69, 9.17) is 5.73 Å². The maximum absolute atomic E-state index is 12.6. The minimum absolute atomic E-state index is 0. The number of carbonyl (C=O) groups is 1. The number of halogens is 1. The topological polar surface area (TPSA) is 72.1 Å². The Hall–Kier alpha value is -1.79. The maximum Gasteiger partial charge on any atom is 0.237 e. The molecular formula is C17H21ClN4OS. The Morgan fingerprint density at radius 3 is 2.71 bits per heavy atom. The van der Waals surface area contributed by atoms with Gasteiger partial charge in [0.2, 0.25) is 5.91 Å². The van der Waals surface area contributed by atoms with E-state index in [1.54, 1.807) is 0 Å². The maximum atomic E-state index is 12.6. The third-order valence-corrected chi connectivity index (χ3v) is 4.71. The lowest BCUT2D eigenvalue weighted by atomic mass is 10.00. The zero-order valence-electron chi connectivity index (χ0n) is 13.8. The molecule has 1 amide bonds. The van der Waals surface area contributed by atoms with Gasteiger partial charge in [-0.1, -0.05) is 17.8 Å². The zero-order chi connectivity index (χ0) is 16.4. The van der Waals surface area contributed by atoms with Gasteiger partial charge in [0.15, 0.2) is 5.16 Å². The van der Waals surface area contributed by atoms with Crippen molar-refractivity contribution in [1.29, 1.82) is 0 Å². The van der Waals surface area contributed by atoms with Crippen molar-refractivity contribution < 1.29 is 4.79 Å². The standard InChI is InChI=1S/C17H20N4OS.ClH/c1-11-9-12(2)20-17(19-11)23-10-16(22)21-8-4-5-13-14(18)6-3-7-15(13)21;/h3,6-7,9H,4-5,8,10,18H2,1-2H3;1H. The van der Waals surface area contributed by atoms with Gasteiger partial charge in [0, 0.05) is 29.3 Å². The van der Waals surface area contributed by atoms with Gasteiger partial charge in [0.05, 0.1) is 5.75 Å². The summed E-state index contributed by atoms with van der Waals surface area (Å²) in [6, 6.07) is 7.70. The SMILES string of the molecule is Cc1cc(C)nc(SCC(=O)N2CCCc3c(N)cccc32)n1.Cl. The molecule has 0 saturated heterocycles. The predicted octanol–water partition coefficient (Wildman–Crippen LogP) is 3.17. The Balaban J connectivity index is 0.00000208. The molecule has 0 spiro atoms. The van der Waals surface area contributed by atoms with Crippen LogP contribution in [-0.2, 0) is 11.2 Å². The Kier molecular flexibility index (Phi) is 6.07. The summed E-state index contributed by atoms with van der Waals surface area (Å²) < 4.78 is 0. The highest BCUT2D eigenvalue weighted by molar-refractivity contribution is 7.99. The van der Waals surface area contributed by atoms with Gasteiger partial charge in [0.25, 0.3) is 0 Å². The van der Waals surface area contributed by atoms with Crippen LogP contribution < -0.4 is 10.6 Å². The van der Waals surface area contributed by atoms with Gasteiger partial charge in [-0.05, 0) is 50.5 Å². The van der Waals surface area contributed by atoms with Crippen LogP contribution in [0.1, 0.15) is 23.4 Å². The minimum atomic E-state index is 0. The minimum Gasteiger partial charge on any atom is -0.398 e. The number of nitrogen functional groups attached to an aromatic ring is 1. The zero-order valence-corrected chi connectivity index (χ0v) is 15.4. The highest BCUT2D eigenvalue weighted by Crippen LogP contribution is 2.31. The van der Waals surface area contributed by atoms with Crippen molar-refractivity contribution in [2.45, 2.75) is 31.8 Å². The smallest absolute Gasteiger partial charge is 0.237 e. The molecule has 3 rings (SSSR count). The van der Waals surface area contributed by atoms with Crippen LogP contribution in [-0.4, -0.2) is 28.2 Å². The molecule has 2 N–H and O–H groups in total. The summed E-state index contributed by atoms with van der Waals surface area (Å²) in [6.45, 7) is 4.61. The summed E-state index contributed by atoms with van der Waals surface area (Å²) in [6.07, 6.45) is 1.87. The quantitative estimate of drug-likeness (QED) is 0.514. The third-order valence-electron chi connectivity index (χ3n) is 3.87. The molecule has 5 nitrogen and oxygen atoms in total. The number of benzene rings is 1. The first-order valence-electron chi connectivity index (χ1n) is 7.67. The molecule has 0 aliphatic carbocycles. The first-order chi connectivity index (χ1) is 11.0. The molecule has 0 fully saturated rings. The van der Waals surface area contributed by atoms with Crippen LogP contribution in [0, 0.1) is 13.8 Å². The van der Waals surface area contributed by atoms with E-state index in [2.05, 4.69) is 9.97 Å². The van der Waals surface area contributed by atoms with Crippen LogP contribution >= 0.6 is 24.2 Å². The fourth-order valence-electron chi connectivity index (χ4n) is 2.87. The molecule has 0 bridgehead atoms. The molecule has 2 heterocycles. The Morgan fingerprint density at radius 1 is 1.29 bits per heavy atom. The van der Waals surface area contributed by atoms with Gasteiger partial charge >= 0.3 is 0 Å². The van der Waals surface area contributed by atoms with Crippen molar-refractivity contribution in [3.63, 3.8) is 0 Å². The predicted molar refractivity (Wildman–Crippen MR) is 101 cm³/mol. The lowest BCUT2D eigenvalue weighted by Crippen LogP contribution is -2.37. The fraction of sp³-hybridized carbons (Fsp3) is 0.353. The van der Waals surface area contributed by atoms with E-state index in [-0.39, 0.29) is 18.3 Å². The van der Waals surface area contributed by atoms with Crippen molar-refractivity contribution >= 4 is 41.5 Å². The lowest BCUT2D eigenvalue weighted by Gasteiger charge is -2.30. The van der Waals surface area contributed by atoms with E-state index >= 15 is 0 Å². The molecule has 1 aliphatic rings. The van der Waals surface area contributed by atoms with E-state index in [1.807, 2.05) is 43.0 Å². The Bertz CT molecular complexity index is 733. The number of aryl methyl sites for hydroxylation is 2. The van der Waals surface area contributed by atoms with Gasteiger partial charge in [-0.15, -0.1) is 12.4 Å². The van der Waals surface area contributed by atoms with Crippen LogP contribution in [0.4, 0.5) is 11.4 Å². The second kappa shape index (κ2) is 7.85. The highest BCUT2D eigenvalue weighted by Gasteiger charge is 2.23. The summed E-state index contributed by atoms with van der Waals surface area (Å²) in [5.41, 5.74) is 10.7. The summed E-state index contributed by atoms with van der Waals surface area (Å²) in [5, 5.41) is 0.653. The number of amides is 1. The average molecular weight is 365 g/mol. The molecule has 0 unspecified atom stereocenters. The van der Waals surface area contributed by atoms with Crippen LogP contribution in [0.15, 0.2) is 29.4 Å².